The van der Waals surface area contributed by atoms with Crippen LogP contribution in [0.5, 0.6) is 0 Å². The van der Waals surface area contributed by atoms with Crippen LogP contribution in [-0.2, 0) is 0 Å². The van der Waals surface area contributed by atoms with E-state index in [-0.39, 0.29) is 0 Å². The van der Waals surface area contributed by atoms with E-state index in [1.165, 1.54) is 6.42 Å². The van der Waals surface area contributed by atoms with Gasteiger partial charge >= 0.3 is 0 Å². The van der Waals surface area contributed by atoms with E-state index in [1.807, 2.05) is 6.20 Å². The highest BCUT2D eigenvalue weighted by Gasteiger charge is 2.30. The van der Waals surface area contributed by atoms with E-state index in [9.17, 15) is 0 Å². The number of hydrogen-bond acceptors (Lipinski definition) is 3. The van der Waals surface area contributed by atoms with Crippen molar-refractivity contribution < 1.29 is 0 Å². The molecule has 1 saturated heterocycles. The zero-order valence-corrected chi connectivity index (χ0v) is 7.53. The van der Waals surface area contributed by atoms with Crippen LogP contribution in [0.3, 0.4) is 0 Å². The lowest BCUT2D eigenvalue weighted by Gasteiger charge is -2.37. The van der Waals surface area contributed by atoms with Crippen LogP contribution in [0.25, 0.3) is 0 Å². The first-order valence-corrected chi connectivity index (χ1v) is 4.92. The Kier molecular flexibility index (Phi) is 1.55. The van der Waals surface area contributed by atoms with Gasteiger partial charge in [0, 0.05) is 37.4 Å². The number of anilines is 1. The van der Waals surface area contributed by atoms with E-state index < -0.39 is 0 Å². The van der Waals surface area contributed by atoms with E-state index in [2.05, 4.69) is 26.4 Å². The van der Waals surface area contributed by atoms with Crippen LogP contribution >= 0.6 is 0 Å². The van der Waals surface area contributed by atoms with Gasteiger partial charge in [-0.05, 0) is 13.0 Å². The second-order valence-electron chi connectivity index (χ2n) is 3.86. The fourth-order valence-corrected chi connectivity index (χ4v) is 2.42. The Morgan fingerprint density at radius 3 is 3.46 bits per heavy atom. The molecule has 1 aromatic rings. The molecule has 13 heavy (non-hydrogen) atoms. The first-order valence-electron chi connectivity index (χ1n) is 4.92. The fourth-order valence-electron chi connectivity index (χ4n) is 2.42. The lowest BCUT2D eigenvalue weighted by molar-refractivity contribution is 0.254. The number of imidazole rings is 1. The summed E-state index contributed by atoms with van der Waals surface area (Å²) in [6.07, 6.45) is 5.20. The number of fused-ring (bicyclic) bond motifs is 3. The summed E-state index contributed by atoms with van der Waals surface area (Å²) >= 11 is 0. The maximum Gasteiger partial charge on any atom is 0.203 e. The highest BCUT2D eigenvalue weighted by Crippen LogP contribution is 2.31. The van der Waals surface area contributed by atoms with Crippen LogP contribution < -0.4 is 10.6 Å². The normalized spacial score (nSPS) is 31.7. The summed E-state index contributed by atoms with van der Waals surface area (Å²) in [5, 5.41) is 6.79. The van der Waals surface area contributed by atoms with E-state index in [0.29, 0.717) is 6.04 Å². The van der Waals surface area contributed by atoms with Crippen LogP contribution in [0.2, 0.25) is 0 Å². The predicted octanol–water partition coefficient (Wildman–Crippen LogP) is 0.459. The Morgan fingerprint density at radius 1 is 1.46 bits per heavy atom. The van der Waals surface area contributed by atoms with Gasteiger partial charge in [0.05, 0.1) is 0 Å². The Balaban J connectivity index is 1.97. The zero-order valence-electron chi connectivity index (χ0n) is 7.53. The van der Waals surface area contributed by atoms with Crippen molar-refractivity contribution >= 4 is 5.95 Å². The van der Waals surface area contributed by atoms with E-state index in [0.717, 1.165) is 31.5 Å². The molecule has 0 radical (unpaired) electrons. The molecule has 0 aromatic carbocycles. The second kappa shape index (κ2) is 2.73. The molecule has 0 bridgehead atoms. The van der Waals surface area contributed by atoms with Crippen LogP contribution in [-0.4, -0.2) is 29.2 Å². The highest BCUT2D eigenvalue weighted by atomic mass is 15.2. The van der Waals surface area contributed by atoms with Gasteiger partial charge in [0.15, 0.2) is 0 Å². The third-order valence-corrected chi connectivity index (χ3v) is 3.12. The summed E-state index contributed by atoms with van der Waals surface area (Å²) < 4.78 is 2.29. The topological polar surface area (TPSA) is 41.9 Å². The van der Waals surface area contributed by atoms with Crippen molar-refractivity contribution in [2.24, 2.45) is 5.92 Å². The smallest absolute Gasteiger partial charge is 0.203 e. The first-order chi connectivity index (χ1) is 6.45. The van der Waals surface area contributed by atoms with Gasteiger partial charge in [-0.2, -0.15) is 0 Å². The quantitative estimate of drug-likeness (QED) is 0.606. The molecule has 2 aliphatic heterocycles. The van der Waals surface area contributed by atoms with Gasteiger partial charge in [-0.3, -0.25) is 0 Å². The number of aromatic nitrogens is 2. The molecule has 1 fully saturated rings. The average Bonchev–Trinajstić information content (AvgIpc) is 2.65. The molecule has 0 amide bonds. The van der Waals surface area contributed by atoms with Crippen molar-refractivity contribution in [3.8, 4) is 0 Å². The summed E-state index contributed by atoms with van der Waals surface area (Å²) in [4.78, 5) is 4.28. The van der Waals surface area contributed by atoms with Gasteiger partial charge in [-0.1, -0.05) is 0 Å². The third kappa shape index (κ3) is 1.05. The van der Waals surface area contributed by atoms with Gasteiger partial charge in [-0.25, -0.2) is 4.98 Å². The average molecular weight is 178 g/mol. The van der Waals surface area contributed by atoms with E-state index >= 15 is 0 Å². The van der Waals surface area contributed by atoms with Crippen molar-refractivity contribution in [2.45, 2.75) is 12.5 Å². The van der Waals surface area contributed by atoms with Crippen molar-refractivity contribution in [3.63, 3.8) is 0 Å². The van der Waals surface area contributed by atoms with Crippen molar-refractivity contribution in [1.82, 2.24) is 14.9 Å². The number of rotatable bonds is 0. The number of hydrogen-bond donors (Lipinski definition) is 2. The predicted molar refractivity (Wildman–Crippen MR) is 50.7 cm³/mol. The fraction of sp³-hybridized carbons (Fsp3) is 0.667. The zero-order chi connectivity index (χ0) is 8.67. The van der Waals surface area contributed by atoms with Crippen LogP contribution in [0.1, 0.15) is 12.5 Å². The summed E-state index contributed by atoms with van der Waals surface area (Å²) in [5.41, 5.74) is 0. The Bertz CT molecular complexity index is 306. The van der Waals surface area contributed by atoms with E-state index in [1.54, 1.807) is 0 Å². The van der Waals surface area contributed by atoms with Gasteiger partial charge < -0.3 is 15.2 Å². The standard InChI is InChI=1S/C9H14N4/c1-2-10-5-7-6-12-9-11-3-4-13(9)8(1)7/h3-4,7-8,10H,1-2,5-6H2,(H,11,12). The first kappa shape index (κ1) is 7.38. The van der Waals surface area contributed by atoms with Crippen molar-refractivity contribution in [1.29, 1.82) is 0 Å². The number of piperidine rings is 1. The molecule has 70 valence electrons. The van der Waals surface area contributed by atoms with Crippen LogP contribution in [0.4, 0.5) is 5.95 Å². The number of nitrogens with zero attached hydrogens (tertiary/aromatic N) is 2. The summed E-state index contributed by atoms with van der Waals surface area (Å²) in [6, 6.07) is 0.667. The molecular weight excluding hydrogens is 164 g/mol. The van der Waals surface area contributed by atoms with Crippen molar-refractivity contribution in [3.05, 3.63) is 12.4 Å². The molecule has 3 heterocycles. The molecule has 0 saturated carbocycles. The molecule has 2 aliphatic rings. The summed E-state index contributed by atoms with van der Waals surface area (Å²) in [5.74, 6) is 1.78. The van der Waals surface area contributed by atoms with Crippen molar-refractivity contribution in [2.75, 3.05) is 25.0 Å². The SMILES string of the molecule is c1cn2c(n1)NCC1CNCCC12. The molecule has 1 aromatic heterocycles. The molecule has 2 unspecified atom stereocenters. The Hall–Kier alpha value is -1.03. The largest absolute Gasteiger partial charge is 0.355 e. The van der Waals surface area contributed by atoms with Crippen LogP contribution in [0, 0.1) is 5.92 Å². The lowest BCUT2D eigenvalue weighted by atomic mass is 9.92. The maximum atomic E-state index is 4.28. The summed E-state index contributed by atoms with van der Waals surface area (Å²) in [7, 11) is 0. The highest BCUT2D eigenvalue weighted by molar-refractivity contribution is 5.30. The monoisotopic (exact) mass is 178 g/mol. The second-order valence-corrected chi connectivity index (χ2v) is 3.86. The molecule has 3 rings (SSSR count). The number of nitrogens with one attached hydrogen (secondary N) is 2. The minimum atomic E-state index is 0.667. The van der Waals surface area contributed by atoms with Gasteiger partial charge in [0.2, 0.25) is 5.95 Å². The minimum absolute atomic E-state index is 0.667. The minimum Gasteiger partial charge on any atom is -0.355 e. The molecule has 4 nitrogen and oxygen atoms in total. The Morgan fingerprint density at radius 2 is 2.46 bits per heavy atom. The van der Waals surface area contributed by atoms with E-state index in [4.69, 9.17) is 0 Å². The third-order valence-electron chi connectivity index (χ3n) is 3.12. The Labute approximate surface area is 77.3 Å². The summed E-state index contributed by atoms with van der Waals surface area (Å²) in [6.45, 7) is 3.34. The molecule has 2 N–H and O–H groups in total. The van der Waals surface area contributed by atoms with Gasteiger partial charge in [0.25, 0.3) is 0 Å². The van der Waals surface area contributed by atoms with Gasteiger partial charge in [-0.15, -0.1) is 0 Å². The molecule has 2 atom stereocenters. The molecule has 4 heteroatoms. The van der Waals surface area contributed by atoms with Gasteiger partial charge in [0.1, 0.15) is 0 Å². The molecule has 0 spiro atoms. The lowest BCUT2D eigenvalue weighted by Crippen LogP contribution is -2.44. The molecular formula is C9H14N4. The molecule has 0 aliphatic carbocycles. The maximum absolute atomic E-state index is 4.28. The van der Waals surface area contributed by atoms with Crippen LogP contribution in [0.15, 0.2) is 12.4 Å².